The third kappa shape index (κ3) is 3.84. The van der Waals surface area contributed by atoms with Gasteiger partial charge in [0.25, 0.3) is 11.8 Å². The van der Waals surface area contributed by atoms with E-state index in [1.54, 1.807) is 66.7 Å². The van der Waals surface area contributed by atoms with Crippen LogP contribution in [-0.4, -0.2) is 30.1 Å². The van der Waals surface area contributed by atoms with Crippen LogP contribution in [0, 0.1) is 3.57 Å². The zero-order chi connectivity index (χ0) is 22.8. The summed E-state index contributed by atoms with van der Waals surface area (Å²) >= 11 is 1.93. The first-order valence-corrected chi connectivity index (χ1v) is 10.6. The Morgan fingerprint density at radius 3 is 1.81 bits per heavy atom. The van der Waals surface area contributed by atoms with Crippen molar-refractivity contribution in [1.29, 1.82) is 0 Å². The number of aromatic hydroxyl groups is 1. The summed E-state index contributed by atoms with van der Waals surface area (Å²) in [7, 11) is 1.41. The van der Waals surface area contributed by atoms with Crippen LogP contribution in [0.4, 0.5) is 16.2 Å². The lowest BCUT2D eigenvalue weighted by atomic mass is 10.0. The number of benzene rings is 3. The maximum atomic E-state index is 13.3. The minimum Gasteiger partial charge on any atom is -0.504 e. The van der Waals surface area contributed by atoms with Crippen molar-refractivity contribution >= 4 is 57.9 Å². The Morgan fingerprint density at radius 2 is 1.34 bits per heavy atom. The molecule has 3 aromatic carbocycles. The van der Waals surface area contributed by atoms with E-state index in [-0.39, 0.29) is 17.1 Å². The Balaban J connectivity index is 1.88. The number of hydrogen-bond donors (Lipinski definition) is 1. The molecule has 1 N–H and O–H groups in total. The summed E-state index contributed by atoms with van der Waals surface area (Å²) < 4.78 is 5.66. The number of amides is 4. The number of nitrogens with zero attached hydrogens (tertiary/aromatic N) is 2. The van der Waals surface area contributed by atoms with E-state index in [2.05, 4.69) is 0 Å². The van der Waals surface area contributed by atoms with Gasteiger partial charge in [0.05, 0.1) is 22.1 Å². The van der Waals surface area contributed by atoms with Crippen molar-refractivity contribution in [2.75, 3.05) is 16.9 Å². The Bertz CT molecular complexity index is 1180. The number of phenolic OH excluding ortho intramolecular Hbond substituents is 1. The summed E-state index contributed by atoms with van der Waals surface area (Å²) in [6.07, 6.45) is 1.40. The molecule has 0 aliphatic carbocycles. The van der Waals surface area contributed by atoms with Gasteiger partial charge in [0.15, 0.2) is 11.5 Å². The number of hydrogen-bond acceptors (Lipinski definition) is 5. The molecule has 1 aliphatic heterocycles. The van der Waals surface area contributed by atoms with Crippen molar-refractivity contribution in [1.82, 2.24) is 0 Å². The molecule has 8 heteroatoms. The number of phenols is 1. The maximum Gasteiger partial charge on any atom is 0.343 e. The van der Waals surface area contributed by atoms with E-state index < -0.39 is 17.8 Å². The number of halogens is 1. The van der Waals surface area contributed by atoms with Gasteiger partial charge in [0, 0.05) is 0 Å². The third-order valence-corrected chi connectivity index (χ3v) is 5.68. The fraction of sp³-hybridized carbons (Fsp3) is 0.0417. The average molecular weight is 540 g/mol. The van der Waals surface area contributed by atoms with Gasteiger partial charge in [0.2, 0.25) is 0 Å². The summed E-state index contributed by atoms with van der Waals surface area (Å²) in [4.78, 5) is 41.9. The highest BCUT2D eigenvalue weighted by molar-refractivity contribution is 14.1. The zero-order valence-electron chi connectivity index (χ0n) is 16.9. The number of para-hydroxylation sites is 2. The molecule has 4 amide bonds. The standard InChI is InChI=1S/C24H17IN2O5/c1-32-20-14-15(13-19(25)21(20)28)12-18-22(29)26(16-8-4-2-5-9-16)24(31)27(23(18)30)17-10-6-3-7-11-17/h2-14,28H,1H3. The van der Waals surface area contributed by atoms with Crippen LogP contribution < -0.4 is 14.5 Å². The number of ether oxygens (including phenoxy) is 1. The molecule has 0 spiro atoms. The molecule has 0 unspecified atom stereocenters. The molecule has 1 aliphatic rings. The van der Waals surface area contributed by atoms with Gasteiger partial charge in [-0.1, -0.05) is 36.4 Å². The molecule has 4 rings (SSSR count). The first-order valence-electron chi connectivity index (χ1n) is 9.53. The summed E-state index contributed by atoms with van der Waals surface area (Å²) in [5.41, 5.74) is 0.969. The molecule has 3 aromatic rings. The summed E-state index contributed by atoms with van der Waals surface area (Å²) in [5, 5.41) is 10.1. The van der Waals surface area contributed by atoms with Gasteiger partial charge in [-0.25, -0.2) is 14.6 Å². The summed E-state index contributed by atoms with van der Waals surface area (Å²) in [6.45, 7) is 0. The van der Waals surface area contributed by atoms with Gasteiger partial charge in [0.1, 0.15) is 5.57 Å². The molecule has 0 aromatic heterocycles. The molecule has 0 radical (unpaired) electrons. The monoisotopic (exact) mass is 540 g/mol. The van der Waals surface area contributed by atoms with E-state index in [4.69, 9.17) is 4.74 Å². The molecular weight excluding hydrogens is 523 g/mol. The Labute approximate surface area is 197 Å². The van der Waals surface area contributed by atoms with Crippen LogP contribution in [-0.2, 0) is 9.59 Å². The van der Waals surface area contributed by atoms with E-state index in [9.17, 15) is 19.5 Å². The lowest BCUT2D eigenvalue weighted by Crippen LogP contribution is -2.57. The normalized spacial score (nSPS) is 14.1. The molecule has 7 nitrogen and oxygen atoms in total. The predicted octanol–water partition coefficient (Wildman–Crippen LogP) is 4.59. The molecule has 1 heterocycles. The predicted molar refractivity (Wildman–Crippen MR) is 129 cm³/mol. The largest absolute Gasteiger partial charge is 0.504 e. The van der Waals surface area contributed by atoms with Crippen LogP contribution >= 0.6 is 22.6 Å². The average Bonchev–Trinajstić information content (AvgIpc) is 2.80. The third-order valence-electron chi connectivity index (χ3n) is 4.86. The van der Waals surface area contributed by atoms with Gasteiger partial charge in [-0.2, -0.15) is 0 Å². The number of imide groups is 2. The maximum absolute atomic E-state index is 13.3. The number of urea groups is 1. The van der Waals surface area contributed by atoms with Crippen molar-refractivity contribution < 1.29 is 24.2 Å². The lowest BCUT2D eigenvalue weighted by Gasteiger charge is -2.33. The van der Waals surface area contributed by atoms with E-state index in [0.29, 0.717) is 20.5 Å². The summed E-state index contributed by atoms with van der Waals surface area (Å²) in [5.74, 6) is -1.31. The van der Waals surface area contributed by atoms with E-state index in [1.165, 1.54) is 19.3 Å². The molecule has 160 valence electrons. The number of barbiturate groups is 1. The van der Waals surface area contributed by atoms with Gasteiger partial charge >= 0.3 is 6.03 Å². The first kappa shape index (κ1) is 21.6. The van der Waals surface area contributed by atoms with E-state index >= 15 is 0 Å². The highest BCUT2D eigenvalue weighted by Gasteiger charge is 2.43. The second kappa shape index (κ2) is 8.83. The second-order valence-electron chi connectivity index (χ2n) is 6.85. The number of carbonyl (C=O) groups is 3. The quantitative estimate of drug-likeness (QED) is 0.297. The van der Waals surface area contributed by atoms with Gasteiger partial charge in [-0.05, 0) is 70.6 Å². The van der Waals surface area contributed by atoms with Crippen LogP contribution in [0.5, 0.6) is 11.5 Å². The first-order chi connectivity index (χ1) is 15.4. The topological polar surface area (TPSA) is 87.2 Å². The van der Waals surface area contributed by atoms with E-state index in [0.717, 1.165) is 9.80 Å². The van der Waals surface area contributed by atoms with Crippen molar-refractivity contribution in [2.45, 2.75) is 0 Å². The number of carbonyl (C=O) groups excluding carboxylic acids is 3. The number of rotatable bonds is 4. The van der Waals surface area contributed by atoms with Crippen molar-refractivity contribution in [3.05, 3.63) is 87.5 Å². The molecule has 0 bridgehead atoms. The van der Waals surface area contributed by atoms with Crippen LogP contribution in [0.15, 0.2) is 78.4 Å². The van der Waals surface area contributed by atoms with Crippen LogP contribution in [0.25, 0.3) is 6.08 Å². The van der Waals surface area contributed by atoms with Gasteiger partial charge in [-0.3, -0.25) is 9.59 Å². The van der Waals surface area contributed by atoms with Crippen LogP contribution in [0.1, 0.15) is 5.56 Å². The van der Waals surface area contributed by atoms with Gasteiger partial charge < -0.3 is 9.84 Å². The fourth-order valence-electron chi connectivity index (χ4n) is 3.34. The van der Waals surface area contributed by atoms with Crippen molar-refractivity contribution in [3.63, 3.8) is 0 Å². The Kier molecular flexibility index (Phi) is 5.95. The summed E-state index contributed by atoms with van der Waals surface area (Å²) in [6, 6.07) is 19.2. The number of anilines is 2. The van der Waals surface area contributed by atoms with Crippen molar-refractivity contribution in [3.8, 4) is 11.5 Å². The van der Waals surface area contributed by atoms with E-state index in [1.807, 2.05) is 22.6 Å². The second-order valence-corrected chi connectivity index (χ2v) is 8.01. The highest BCUT2D eigenvalue weighted by atomic mass is 127. The van der Waals surface area contributed by atoms with Crippen LogP contribution in [0.2, 0.25) is 0 Å². The zero-order valence-corrected chi connectivity index (χ0v) is 19.0. The molecule has 0 saturated carbocycles. The molecule has 1 saturated heterocycles. The molecule has 32 heavy (non-hydrogen) atoms. The number of methoxy groups -OCH3 is 1. The molecule has 0 atom stereocenters. The lowest BCUT2D eigenvalue weighted by molar-refractivity contribution is -0.121. The smallest absolute Gasteiger partial charge is 0.343 e. The Hall–Kier alpha value is -3.66. The molecule has 1 fully saturated rings. The minimum absolute atomic E-state index is 0.0384. The van der Waals surface area contributed by atoms with Crippen molar-refractivity contribution in [2.24, 2.45) is 0 Å². The highest BCUT2D eigenvalue weighted by Crippen LogP contribution is 2.34. The minimum atomic E-state index is -0.757. The molecular formula is C24H17IN2O5. The SMILES string of the molecule is COc1cc(C=C2C(=O)N(c3ccccc3)C(=O)N(c3ccccc3)C2=O)cc(I)c1O. The van der Waals surface area contributed by atoms with Gasteiger partial charge in [-0.15, -0.1) is 0 Å². The fourth-order valence-corrected chi connectivity index (χ4v) is 3.96. The van der Waals surface area contributed by atoms with Crippen LogP contribution in [0.3, 0.4) is 0 Å². The Morgan fingerprint density at radius 1 is 0.844 bits per heavy atom.